The predicted molar refractivity (Wildman–Crippen MR) is 72.1 cm³/mol. The van der Waals surface area contributed by atoms with Crippen LogP contribution in [0, 0.1) is 0 Å². The van der Waals surface area contributed by atoms with Crippen LogP contribution in [0.4, 0.5) is 11.5 Å². The molecule has 4 nitrogen and oxygen atoms in total. The van der Waals surface area contributed by atoms with E-state index < -0.39 is 0 Å². The van der Waals surface area contributed by atoms with Gasteiger partial charge in [-0.2, -0.15) is 0 Å². The summed E-state index contributed by atoms with van der Waals surface area (Å²) in [6.07, 6.45) is 4.89. The second-order valence-corrected chi connectivity index (χ2v) is 4.11. The van der Waals surface area contributed by atoms with Gasteiger partial charge in [-0.15, -0.1) is 0 Å². The van der Waals surface area contributed by atoms with Crippen LogP contribution in [0.2, 0.25) is 5.15 Å². The lowest BCUT2D eigenvalue weighted by atomic mass is 10.2. The monoisotopic (exact) mass is 256 g/mol. The second kappa shape index (κ2) is 4.58. The molecule has 0 aliphatic rings. The average molecular weight is 257 g/mol. The molecule has 0 saturated heterocycles. The Kier molecular flexibility index (Phi) is 2.78. The SMILES string of the molecule is Clc1cncc(Nc2cccc3ncccc23)n1. The number of nitrogens with one attached hydrogen (secondary N) is 1. The highest BCUT2D eigenvalue weighted by atomic mass is 35.5. The van der Waals surface area contributed by atoms with E-state index in [0.29, 0.717) is 11.0 Å². The van der Waals surface area contributed by atoms with Crippen molar-refractivity contribution in [2.24, 2.45) is 0 Å². The van der Waals surface area contributed by atoms with E-state index in [1.165, 1.54) is 6.20 Å². The lowest BCUT2D eigenvalue weighted by Crippen LogP contribution is -1.95. The molecule has 3 aromatic rings. The molecule has 88 valence electrons. The smallest absolute Gasteiger partial charge is 0.150 e. The summed E-state index contributed by atoms with van der Waals surface area (Å²) >= 11 is 5.80. The van der Waals surface area contributed by atoms with E-state index >= 15 is 0 Å². The third kappa shape index (κ3) is 2.10. The summed E-state index contributed by atoms with van der Waals surface area (Å²) in [5.74, 6) is 0.610. The maximum Gasteiger partial charge on any atom is 0.150 e. The Bertz CT molecular complexity index is 694. The molecule has 18 heavy (non-hydrogen) atoms. The topological polar surface area (TPSA) is 50.7 Å². The molecule has 0 spiro atoms. The van der Waals surface area contributed by atoms with Gasteiger partial charge in [0.05, 0.1) is 17.9 Å². The van der Waals surface area contributed by atoms with Gasteiger partial charge < -0.3 is 5.32 Å². The van der Waals surface area contributed by atoms with E-state index in [0.717, 1.165) is 16.6 Å². The first-order valence-electron chi connectivity index (χ1n) is 5.41. The van der Waals surface area contributed by atoms with E-state index in [1.807, 2.05) is 30.3 Å². The fraction of sp³-hybridized carbons (Fsp3) is 0. The number of fused-ring (bicyclic) bond motifs is 1. The highest BCUT2D eigenvalue weighted by Gasteiger charge is 2.02. The zero-order chi connectivity index (χ0) is 12.4. The number of benzene rings is 1. The fourth-order valence-electron chi connectivity index (χ4n) is 1.75. The van der Waals surface area contributed by atoms with Gasteiger partial charge in [0.1, 0.15) is 5.15 Å². The minimum atomic E-state index is 0.360. The number of nitrogens with zero attached hydrogens (tertiary/aromatic N) is 3. The Balaban J connectivity index is 2.05. The summed E-state index contributed by atoms with van der Waals surface area (Å²) in [7, 11) is 0. The summed E-state index contributed by atoms with van der Waals surface area (Å²) in [5, 5.41) is 4.58. The van der Waals surface area contributed by atoms with Crippen molar-refractivity contribution in [3.8, 4) is 0 Å². The third-order valence-corrected chi connectivity index (χ3v) is 2.70. The molecule has 0 saturated carbocycles. The standard InChI is InChI=1S/C13H9ClN4/c14-12-7-15-8-13(18-12)17-11-5-1-4-10-9(11)3-2-6-16-10/h1-8H,(H,17,18). The largest absolute Gasteiger partial charge is 0.338 e. The molecule has 0 unspecified atom stereocenters. The van der Waals surface area contributed by atoms with Crippen LogP contribution in [-0.2, 0) is 0 Å². The normalized spacial score (nSPS) is 10.5. The van der Waals surface area contributed by atoms with Crippen LogP contribution in [0.3, 0.4) is 0 Å². The third-order valence-electron chi connectivity index (χ3n) is 2.51. The number of aromatic nitrogens is 3. The van der Waals surface area contributed by atoms with Gasteiger partial charge in [-0.1, -0.05) is 17.7 Å². The van der Waals surface area contributed by atoms with Crippen LogP contribution in [0.1, 0.15) is 0 Å². The minimum absolute atomic E-state index is 0.360. The van der Waals surface area contributed by atoms with Crippen molar-refractivity contribution >= 4 is 34.0 Å². The van der Waals surface area contributed by atoms with Crippen LogP contribution in [0.25, 0.3) is 10.9 Å². The summed E-state index contributed by atoms with van der Waals surface area (Å²) in [6, 6.07) is 9.77. The Labute approximate surface area is 109 Å². The number of pyridine rings is 1. The van der Waals surface area contributed by atoms with Crippen LogP contribution in [0.5, 0.6) is 0 Å². The molecular formula is C13H9ClN4. The molecule has 1 aromatic carbocycles. The summed E-state index contributed by atoms with van der Waals surface area (Å²) in [6.45, 7) is 0. The van der Waals surface area contributed by atoms with Gasteiger partial charge in [0, 0.05) is 17.3 Å². The molecule has 0 amide bonds. The van der Waals surface area contributed by atoms with Crippen molar-refractivity contribution in [2.75, 3.05) is 5.32 Å². The van der Waals surface area contributed by atoms with E-state index in [4.69, 9.17) is 11.6 Å². The van der Waals surface area contributed by atoms with E-state index in [-0.39, 0.29) is 0 Å². The number of halogens is 1. The first-order valence-corrected chi connectivity index (χ1v) is 5.79. The van der Waals surface area contributed by atoms with Crippen molar-refractivity contribution in [3.63, 3.8) is 0 Å². The second-order valence-electron chi connectivity index (χ2n) is 3.73. The average Bonchev–Trinajstić information content (AvgIpc) is 2.39. The fourth-order valence-corrected chi connectivity index (χ4v) is 1.90. The molecule has 0 atom stereocenters. The van der Waals surface area contributed by atoms with Crippen LogP contribution >= 0.6 is 11.6 Å². The molecule has 5 heteroatoms. The zero-order valence-corrected chi connectivity index (χ0v) is 10.1. The Hall–Kier alpha value is -2.20. The van der Waals surface area contributed by atoms with Crippen molar-refractivity contribution < 1.29 is 0 Å². The molecular weight excluding hydrogens is 248 g/mol. The Morgan fingerprint density at radius 2 is 2.00 bits per heavy atom. The molecule has 0 radical (unpaired) electrons. The number of rotatable bonds is 2. The van der Waals surface area contributed by atoms with E-state index in [1.54, 1.807) is 12.4 Å². The molecule has 3 rings (SSSR count). The molecule has 0 fully saturated rings. The summed E-state index contributed by atoms with van der Waals surface area (Å²) in [4.78, 5) is 12.4. The summed E-state index contributed by atoms with van der Waals surface area (Å²) in [5.41, 5.74) is 1.86. The van der Waals surface area contributed by atoms with Gasteiger partial charge >= 0.3 is 0 Å². The number of hydrogen-bond donors (Lipinski definition) is 1. The maximum absolute atomic E-state index is 5.80. The predicted octanol–water partition coefficient (Wildman–Crippen LogP) is 3.42. The van der Waals surface area contributed by atoms with Crippen molar-refractivity contribution in [1.29, 1.82) is 0 Å². The van der Waals surface area contributed by atoms with Gasteiger partial charge in [-0.05, 0) is 24.3 Å². The lowest BCUT2D eigenvalue weighted by molar-refractivity contribution is 1.20. The van der Waals surface area contributed by atoms with Crippen molar-refractivity contribution in [1.82, 2.24) is 15.0 Å². The highest BCUT2D eigenvalue weighted by Crippen LogP contribution is 2.24. The first-order chi connectivity index (χ1) is 8.83. The number of anilines is 2. The Morgan fingerprint density at radius 3 is 2.89 bits per heavy atom. The van der Waals surface area contributed by atoms with Gasteiger partial charge in [0.15, 0.2) is 5.82 Å². The zero-order valence-electron chi connectivity index (χ0n) is 9.34. The quantitative estimate of drug-likeness (QED) is 0.763. The molecule has 2 heterocycles. The molecule has 2 aromatic heterocycles. The van der Waals surface area contributed by atoms with Gasteiger partial charge in [0.2, 0.25) is 0 Å². The first kappa shape index (κ1) is 10.9. The summed E-state index contributed by atoms with van der Waals surface area (Å²) < 4.78 is 0. The van der Waals surface area contributed by atoms with Crippen molar-refractivity contribution in [3.05, 3.63) is 54.1 Å². The molecule has 0 aliphatic heterocycles. The van der Waals surface area contributed by atoms with Gasteiger partial charge in [-0.25, -0.2) is 4.98 Å². The molecule has 0 bridgehead atoms. The number of hydrogen-bond acceptors (Lipinski definition) is 4. The van der Waals surface area contributed by atoms with Crippen molar-refractivity contribution in [2.45, 2.75) is 0 Å². The maximum atomic E-state index is 5.80. The molecule has 1 N–H and O–H groups in total. The van der Waals surface area contributed by atoms with E-state index in [2.05, 4.69) is 20.3 Å². The van der Waals surface area contributed by atoms with Gasteiger partial charge in [-0.3, -0.25) is 9.97 Å². The van der Waals surface area contributed by atoms with Gasteiger partial charge in [0.25, 0.3) is 0 Å². The van der Waals surface area contributed by atoms with E-state index in [9.17, 15) is 0 Å². The lowest BCUT2D eigenvalue weighted by Gasteiger charge is -2.08. The minimum Gasteiger partial charge on any atom is -0.338 e. The Morgan fingerprint density at radius 1 is 1.06 bits per heavy atom. The highest BCUT2D eigenvalue weighted by molar-refractivity contribution is 6.29. The van der Waals surface area contributed by atoms with Crippen LogP contribution in [-0.4, -0.2) is 15.0 Å². The molecule has 0 aliphatic carbocycles. The van der Waals surface area contributed by atoms with Crippen LogP contribution in [0.15, 0.2) is 48.9 Å². The van der Waals surface area contributed by atoms with Crippen LogP contribution < -0.4 is 5.32 Å².